The minimum absolute atomic E-state index is 0.0195. The van der Waals surface area contributed by atoms with Crippen LogP contribution >= 0.6 is 0 Å². The van der Waals surface area contributed by atoms with Crippen molar-refractivity contribution in [3.8, 4) is 22.3 Å². The van der Waals surface area contributed by atoms with Crippen molar-refractivity contribution in [2.24, 2.45) is 0 Å². The predicted molar refractivity (Wildman–Crippen MR) is 299 cm³/mol. The number of anilines is 6. The lowest BCUT2D eigenvalue weighted by molar-refractivity contribution is 0.332. The summed E-state index contributed by atoms with van der Waals surface area (Å²) >= 11 is 0. The van der Waals surface area contributed by atoms with Gasteiger partial charge in [0.15, 0.2) is 0 Å². The minimum Gasteiger partial charge on any atom is -0.311 e. The van der Waals surface area contributed by atoms with Crippen LogP contribution in [-0.2, 0) is 32.5 Å². The number of rotatable bonds is 4. The van der Waals surface area contributed by atoms with Crippen LogP contribution in [0.3, 0.4) is 0 Å². The summed E-state index contributed by atoms with van der Waals surface area (Å²) in [5, 5.41) is 0. The lowest BCUT2D eigenvalue weighted by atomic mass is 9.32. The van der Waals surface area contributed by atoms with Gasteiger partial charge >= 0.3 is 0 Å². The molecule has 69 heavy (non-hydrogen) atoms. The second-order valence-corrected chi connectivity index (χ2v) is 26.1. The number of benzene rings is 7. The first kappa shape index (κ1) is 45.6. The van der Waals surface area contributed by atoms with Gasteiger partial charge in [-0.05, 0) is 179 Å². The Morgan fingerprint density at radius 2 is 0.870 bits per heavy atom. The second kappa shape index (κ2) is 15.1. The van der Waals surface area contributed by atoms with Crippen LogP contribution in [0.5, 0.6) is 0 Å². The van der Waals surface area contributed by atoms with Gasteiger partial charge in [-0.3, -0.25) is 0 Å². The van der Waals surface area contributed by atoms with Crippen molar-refractivity contribution in [2.45, 2.75) is 156 Å². The molecule has 0 saturated carbocycles. The first-order chi connectivity index (χ1) is 32.4. The summed E-state index contributed by atoms with van der Waals surface area (Å²) in [4.78, 5) is 5.42. The topological polar surface area (TPSA) is 6.48 Å². The van der Waals surface area contributed by atoms with Crippen LogP contribution in [0.2, 0.25) is 0 Å². The Balaban J connectivity index is 1.30. The monoisotopic (exact) mass is 905 g/mol. The third-order valence-electron chi connectivity index (χ3n) is 17.1. The smallest absolute Gasteiger partial charge is 0.252 e. The van der Waals surface area contributed by atoms with E-state index in [9.17, 15) is 0 Å². The van der Waals surface area contributed by atoms with Crippen molar-refractivity contribution >= 4 is 57.2 Å². The third kappa shape index (κ3) is 7.18. The summed E-state index contributed by atoms with van der Waals surface area (Å²) in [6, 6.07) is 52.5. The van der Waals surface area contributed by atoms with E-state index in [1.165, 1.54) is 125 Å². The average molecular weight is 905 g/mol. The molecule has 7 aromatic rings. The van der Waals surface area contributed by atoms with Gasteiger partial charge in [0.25, 0.3) is 6.71 Å². The molecule has 0 atom stereocenters. The van der Waals surface area contributed by atoms with Crippen molar-refractivity contribution in [2.75, 3.05) is 9.80 Å². The van der Waals surface area contributed by atoms with Crippen LogP contribution in [0.4, 0.5) is 34.1 Å². The lowest BCUT2D eigenvalue weighted by Gasteiger charge is -2.48. The van der Waals surface area contributed by atoms with Crippen LogP contribution in [0, 0.1) is 6.92 Å². The molecular weight excluding hydrogens is 832 g/mol. The highest BCUT2D eigenvalue weighted by Gasteiger charge is 2.50. The quantitative estimate of drug-likeness (QED) is 0.162. The van der Waals surface area contributed by atoms with Crippen LogP contribution in [0.25, 0.3) is 22.3 Å². The maximum Gasteiger partial charge on any atom is 0.252 e. The van der Waals surface area contributed by atoms with E-state index in [2.05, 4.69) is 247 Å². The minimum atomic E-state index is -0.130. The van der Waals surface area contributed by atoms with E-state index in [-0.39, 0.29) is 39.2 Å². The zero-order valence-electron chi connectivity index (χ0n) is 44.3. The summed E-state index contributed by atoms with van der Waals surface area (Å²) in [6.45, 7) is 36.5. The Bertz CT molecular complexity index is 3230. The molecule has 0 radical (unpaired) electrons. The number of nitrogens with zero attached hydrogens (tertiary/aromatic N) is 2. The summed E-state index contributed by atoms with van der Waals surface area (Å²) in [6.07, 6.45) is 3.46. The van der Waals surface area contributed by atoms with Gasteiger partial charge in [0.05, 0.1) is 5.69 Å². The van der Waals surface area contributed by atoms with Gasteiger partial charge in [-0.2, -0.15) is 0 Å². The third-order valence-corrected chi connectivity index (χ3v) is 17.1. The highest BCUT2D eigenvalue weighted by Crippen LogP contribution is 2.55. The van der Waals surface area contributed by atoms with Crippen LogP contribution < -0.4 is 26.2 Å². The second-order valence-electron chi connectivity index (χ2n) is 26.1. The van der Waals surface area contributed by atoms with E-state index in [1.807, 2.05) is 0 Å². The molecule has 0 unspecified atom stereocenters. The van der Waals surface area contributed by atoms with Crippen molar-refractivity contribution in [1.29, 1.82) is 0 Å². The summed E-state index contributed by atoms with van der Waals surface area (Å²) in [5.41, 5.74) is 26.9. The molecule has 2 aliphatic heterocycles. The van der Waals surface area contributed by atoms with Crippen LogP contribution in [-0.4, -0.2) is 6.71 Å². The zero-order valence-corrected chi connectivity index (χ0v) is 44.3. The molecule has 2 nitrogen and oxygen atoms in total. The fourth-order valence-corrected chi connectivity index (χ4v) is 13.2. The molecule has 0 spiro atoms. The van der Waals surface area contributed by atoms with Crippen LogP contribution in [0.1, 0.15) is 155 Å². The molecule has 2 aliphatic carbocycles. The first-order valence-electron chi connectivity index (χ1n) is 25.9. The number of fused-ring (bicyclic) bond motifs is 6. The molecule has 0 amide bonds. The SMILES string of the molecule is Cc1cc(-c2ccccc2)ccc1N1c2cc3c(cc2B2c4cc5c(cc4N(c4ccc(C(C)(C)C)cc4-c4ccccc4)c4cc(C(C)(C)C)cc1c42)C(C)(C)CC5(C)C)C(C)(C)CCC3(C)C. The van der Waals surface area contributed by atoms with Gasteiger partial charge in [-0.15, -0.1) is 0 Å². The molecule has 0 saturated heterocycles. The highest BCUT2D eigenvalue weighted by atomic mass is 15.2. The molecule has 0 fully saturated rings. The fourth-order valence-electron chi connectivity index (χ4n) is 13.2. The molecule has 11 rings (SSSR count). The Morgan fingerprint density at radius 1 is 0.406 bits per heavy atom. The molecule has 3 heteroatoms. The Morgan fingerprint density at radius 3 is 1.39 bits per heavy atom. The Labute approximate surface area is 415 Å². The maximum atomic E-state index is 2.72. The van der Waals surface area contributed by atoms with Gasteiger partial charge in [0.1, 0.15) is 0 Å². The lowest BCUT2D eigenvalue weighted by Crippen LogP contribution is -2.62. The molecule has 7 aromatic carbocycles. The summed E-state index contributed by atoms with van der Waals surface area (Å²) < 4.78 is 0. The Kier molecular flexibility index (Phi) is 9.99. The zero-order chi connectivity index (χ0) is 49.0. The van der Waals surface area contributed by atoms with Crippen molar-refractivity contribution in [3.63, 3.8) is 0 Å². The Hall–Kier alpha value is -5.80. The van der Waals surface area contributed by atoms with Gasteiger partial charge in [0, 0.05) is 34.0 Å². The van der Waals surface area contributed by atoms with E-state index in [0.29, 0.717) is 0 Å². The number of hydrogen-bond donors (Lipinski definition) is 0. The molecule has 350 valence electrons. The standard InChI is InChI=1S/C66H73BN2/c1-41-32-44(42-22-18-16-19-23-42)26-28-54(41)68-56-38-50-48(63(8,9)30-31-64(50,10)11)36-52(56)67-53-37-49-51(66(14,15)40-65(49,12)13)39-57(53)69(59-35-46(62(5,6)7)34-58(68)60(59)67)55-29-27-45(61(2,3)4)33-47(55)43-24-20-17-21-25-43/h16-29,32-39H,30-31,40H2,1-15H3. The molecule has 4 aliphatic rings. The average Bonchev–Trinajstić information content (AvgIpc) is 3.48. The molecule has 2 heterocycles. The van der Waals surface area contributed by atoms with Gasteiger partial charge in [0.2, 0.25) is 0 Å². The largest absolute Gasteiger partial charge is 0.311 e. The molecular formula is C66H73BN2. The normalized spacial score (nSPS) is 18.0. The van der Waals surface area contributed by atoms with Crippen molar-refractivity contribution in [1.82, 2.24) is 0 Å². The van der Waals surface area contributed by atoms with E-state index < -0.39 is 0 Å². The van der Waals surface area contributed by atoms with Crippen LogP contribution in [0.15, 0.2) is 133 Å². The summed E-state index contributed by atoms with van der Waals surface area (Å²) in [7, 11) is 0. The van der Waals surface area contributed by atoms with Gasteiger partial charge < -0.3 is 9.80 Å². The molecule has 0 aromatic heterocycles. The molecule has 0 N–H and O–H groups in total. The highest BCUT2D eigenvalue weighted by molar-refractivity contribution is 7.00. The van der Waals surface area contributed by atoms with E-state index >= 15 is 0 Å². The first-order valence-corrected chi connectivity index (χ1v) is 25.9. The maximum absolute atomic E-state index is 2.72. The van der Waals surface area contributed by atoms with Crippen molar-refractivity contribution in [3.05, 3.63) is 172 Å². The van der Waals surface area contributed by atoms with E-state index in [0.717, 1.165) is 6.42 Å². The molecule has 0 bridgehead atoms. The number of aryl methyl sites for hydroxylation is 1. The predicted octanol–water partition coefficient (Wildman–Crippen LogP) is 16.3. The van der Waals surface area contributed by atoms with E-state index in [4.69, 9.17) is 0 Å². The van der Waals surface area contributed by atoms with Gasteiger partial charge in [-0.25, -0.2) is 0 Å². The fraction of sp³-hybridized carbons (Fsp3) is 0.364. The number of hydrogen-bond acceptors (Lipinski definition) is 2. The van der Waals surface area contributed by atoms with Crippen molar-refractivity contribution < 1.29 is 0 Å². The van der Waals surface area contributed by atoms with E-state index in [1.54, 1.807) is 0 Å². The summed E-state index contributed by atoms with van der Waals surface area (Å²) in [5.74, 6) is 0. The van der Waals surface area contributed by atoms with Gasteiger partial charge in [-0.1, -0.05) is 182 Å².